The van der Waals surface area contributed by atoms with Crippen LogP contribution in [-0.2, 0) is 0 Å². The van der Waals surface area contributed by atoms with Gasteiger partial charge in [0.2, 0.25) is 0 Å². The monoisotopic (exact) mass is 560 g/mol. The van der Waals surface area contributed by atoms with E-state index in [1.807, 2.05) is 18.2 Å². The van der Waals surface area contributed by atoms with Gasteiger partial charge in [-0.25, -0.2) is 0 Å². The number of hydrogen-bond donors (Lipinski definition) is 0. The maximum absolute atomic E-state index is 6.69. The highest BCUT2D eigenvalue weighted by Gasteiger charge is 2.18. The van der Waals surface area contributed by atoms with Crippen LogP contribution in [-0.4, -0.2) is 0 Å². The molecule has 0 saturated heterocycles. The zero-order valence-corrected chi connectivity index (χ0v) is 23.7. The Hall–Kier alpha value is -5.86. The van der Waals surface area contributed by atoms with Gasteiger partial charge in [0.25, 0.3) is 0 Å². The zero-order valence-electron chi connectivity index (χ0n) is 23.7. The van der Waals surface area contributed by atoms with Crippen LogP contribution in [0, 0.1) is 0 Å². The first-order valence-corrected chi connectivity index (χ1v) is 15.0. The number of para-hydroxylation sites is 2. The fraction of sp³-hybridized carbons (Fsp3) is 0. The summed E-state index contributed by atoms with van der Waals surface area (Å²) in [6, 6.07) is 51.9. The van der Waals surface area contributed by atoms with Gasteiger partial charge in [-0.2, -0.15) is 0 Å². The van der Waals surface area contributed by atoms with Crippen LogP contribution in [0.1, 0.15) is 0 Å². The third-order valence-corrected chi connectivity index (χ3v) is 9.25. The van der Waals surface area contributed by atoms with Crippen LogP contribution in [0.5, 0.6) is 0 Å². The van der Waals surface area contributed by atoms with E-state index in [2.05, 4.69) is 127 Å². The lowest BCUT2D eigenvalue weighted by molar-refractivity contribution is 0.631. The minimum absolute atomic E-state index is 0.833. The molecule has 0 spiro atoms. The molecule has 0 unspecified atom stereocenters. The molecule has 0 radical (unpaired) electrons. The van der Waals surface area contributed by atoms with Gasteiger partial charge in [-0.15, -0.1) is 0 Å². The van der Waals surface area contributed by atoms with Gasteiger partial charge in [0, 0.05) is 27.3 Å². The summed E-state index contributed by atoms with van der Waals surface area (Å²) in [6.45, 7) is 0. The van der Waals surface area contributed by atoms with Gasteiger partial charge < -0.3 is 8.83 Å². The molecule has 2 aromatic heterocycles. The summed E-state index contributed by atoms with van der Waals surface area (Å²) in [6.07, 6.45) is 0. The maximum Gasteiger partial charge on any atom is 0.142 e. The van der Waals surface area contributed by atoms with Gasteiger partial charge >= 0.3 is 0 Å². The van der Waals surface area contributed by atoms with Crippen LogP contribution < -0.4 is 0 Å². The molecular formula is C42H24O2. The van der Waals surface area contributed by atoms with Crippen molar-refractivity contribution >= 4 is 65.2 Å². The zero-order chi connectivity index (χ0) is 28.8. The van der Waals surface area contributed by atoms with E-state index in [0.29, 0.717) is 0 Å². The second-order valence-corrected chi connectivity index (χ2v) is 11.7. The summed E-state index contributed by atoms with van der Waals surface area (Å²) in [5, 5.41) is 11.0. The minimum atomic E-state index is 0.833. The van der Waals surface area contributed by atoms with Crippen molar-refractivity contribution in [1.29, 1.82) is 0 Å². The Balaban J connectivity index is 1.18. The number of hydrogen-bond acceptors (Lipinski definition) is 2. The summed E-state index contributed by atoms with van der Waals surface area (Å²) in [7, 11) is 0. The van der Waals surface area contributed by atoms with Gasteiger partial charge in [-0.3, -0.25) is 0 Å². The highest BCUT2D eigenvalue weighted by atomic mass is 16.3. The molecule has 44 heavy (non-hydrogen) atoms. The molecule has 2 heterocycles. The average Bonchev–Trinajstić information content (AvgIpc) is 3.69. The predicted molar refractivity (Wildman–Crippen MR) is 184 cm³/mol. The Morgan fingerprint density at radius 1 is 0.341 bits per heavy atom. The molecule has 0 aliphatic heterocycles. The van der Waals surface area contributed by atoms with Crippen molar-refractivity contribution < 1.29 is 8.83 Å². The molecule has 0 amide bonds. The standard InChI is InChI=1S/C42H24O2/c1-2-7-25(8-3-1)30-18-13-26-16-22-35-31(19-14-27-15-21-34(30)40(26)41(27)35)36-11-6-9-29-24-38(44-42(29)36)28-17-20-33-32-10-4-5-12-37(32)43-39(33)23-28/h1-24H. The summed E-state index contributed by atoms with van der Waals surface area (Å²) in [5.41, 5.74) is 8.43. The van der Waals surface area contributed by atoms with E-state index in [9.17, 15) is 0 Å². The van der Waals surface area contributed by atoms with Gasteiger partial charge in [0.05, 0.1) is 0 Å². The SMILES string of the molecule is c1ccc(-c2ccc3ccc4c(-c5cccc6cc(-c7ccc8c(c7)oc7ccccc78)oc56)ccc5ccc2c3c54)cc1. The molecule has 2 heteroatoms. The summed E-state index contributed by atoms with van der Waals surface area (Å²) < 4.78 is 12.9. The topological polar surface area (TPSA) is 26.3 Å². The Bertz CT molecular complexity index is 2710. The molecule has 10 rings (SSSR count). The van der Waals surface area contributed by atoms with Crippen LogP contribution in [0.4, 0.5) is 0 Å². The van der Waals surface area contributed by atoms with Crippen molar-refractivity contribution in [2.24, 2.45) is 0 Å². The molecule has 10 aromatic rings. The van der Waals surface area contributed by atoms with Crippen molar-refractivity contribution in [3.05, 3.63) is 146 Å². The Morgan fingerprint density at radius 3 is 1.86 bits per heavy atom. The number of fused-ring (bicyclic) bond motifs is 4. The molecule has 0 aliphatic rings. The van der Waals surface area contributed by atoms with Crippen molar-refractivity contribution in [1.82, 2.24) is 0 Å². The largest absolute Gasteiger partial charge is 0.456 e. The molecule has 0 bridgehead atoms. The second-order valence-electron chi connectivity index (χ2n) is 11.7. The predicted octanol–water partition coefficient (Wildman–Crippen LogP) is 12.2. The van der Waals surface area contributed by atoms with Crippen LogP contribution in [0.3, 0.4) is 0 Å². The molecule has 0 N–H and O–H groups in total. The molecule has 0 saturated carbocycles. The molecule has 204 valence electrons. The highest BCUT2D eigenvalue weighted by molar-refractivity contribution is 6.28. The third kappa shape index (κ3) is 3.31. The molecule has 0 fully saturated rings. The van der Waals surface area contributed by atoms with E-state index < -0.39 is 0 Å². The summed E-state index contributed by atoms with van der Waals surface area (Å²) in [5.74, 6) is 0.833. The van der Waals surface area contributed by atoms with Crippen molar-refractivity contribution in [2.45, 2.75) is 0 Å². The second kappa shape index (κ2) is 8.82. The average molecular weight is 561 g/mol. The lowest BCUT2D eigenvalue weighted by Gasteiger charge is -2.16. The third-order valence-electron chi connectivity index (χ3n) is 9.25. The summed E-state index contributed by atoms with van der Waals surface area (Å²) >= 11 is 0. The normalized spacial score (nSPS) is 12.1. The van der Waals surface area contributed by atoms with E-state index >= 15 is 0 Å². The molecule has 0 aliphatic carbocycles. The highest BCUT2D eigenvalue weighted by Crippen LogP contribution is 2.44. The van der Waals surface area contributed by atoms with Crippen molar-refractivity contribution in [3.8, 4) is 33.6 Å². The Kier molecular flexibility index (Phi) is 4.75. The number of furan rings is 2. The Morgan fingerprint density at radius 2 is 1.02 bits per heavy atom. The van der Waals surface area contributed by atoms with Crippen LogP contribution >= 0.6 is 0 Å². The van der Waals surface area contributed by atoms with E-state index in [4.69, 9.17) is 8.83 Å². The van der Waals surface area contributed by atoms with E-state index in [-0.39, 0.29) is 0 Å². The molecular weight excluding hydrogens is 536 g/mol. The molecule has 2 nitrogen and oxygen atoms in total. The number of rotatable bonds is 3. The lowest BCUT2D eigenvalue weighted by atomic mass is 9.87. The van der Waals surface area contributed by atoms with Crippen molar-refractivity contribution in [2.75, 3.05) is 0 Å². The van der Waals surface area contributed by atoms with Crippen LogP contribution in [0.2, 0.25) is 0 Å². The van der Waals surface area contributed by atoms with E-state index in [1.54, 1.807) is 0 Å². The van der Waals surface area contributed by atoms with Gasteiger partial charge in [-0.1, -0.05) is 121 Å². The fourth-order valence-electron chi connectivity index (χ4n) is 7.20. The summed E-state index contributed by atoms with van der Waals surface area (Å²) in [4.78, 5) is 0. The first-order chi connectivity index (χ1) is 21.8. The van der Waals surface area contributed by atoms with Crippen LogP contribution in [0.15, 0.2) is 154 Å². The minimum Gasteiger partial charge on any atom is -0.456 e. The van der Waals surface area contributed by atoms with Gasteiger partial charge in [0.1, 0.15) is 22.5 Å². The van der Waals surface area contributed by atoms with Gasteiger partial charge in [-0.05, 0) is 73.3 Å². The maximum atomic E-state index is 6.69. The lowest BCUT2D eigenvalue weighted by Crippen LogP contribution is -1.89. The molecule has 8 aromatic carbocycles. The smallest absolute Gasteiger partial charge is 0.142 e. The first-order valence-electron chi connectivity index (χ1n) is 15.0. The quantitative estimate of drug-likeness (QED) is 0.201. The van der Waals surface area contributed by atoms with Gasteiger partial charge in [0.15, 0.2) is 0 Å². The van der Waals surface area contributed by atoms with Crippen LogP contribution in [0.25, 0.3) is 98.8 Å². The fourth-order valence-corrected chi connectivity index (χ4v) is 7.20. The van der Waals surface area contributed by atoms with E-state index in [1.165, 1.54) is 49.0 Å². The van der Waals surface area contributed by atoms with E-state index in [0.717, 1.165) is 49.8 Å². The number of benzene rings is 8. The molecule has 0 atom stereocenters. The van der Waals surface area contributed by atoms with Crippen molar-refractivity contribution in [3.63, 3.8) is 0 Å². The Labute approximate surface area is 252 Å². The first kappa shape index (κ1) is 23.7.